The average Bonchev–Trinajstić information content (AvgIpc) is 3.04. The van der Waals surface area contributed by atoms with Gasteiger partial charge in [0.2, 0.25) is 0 Å². The van der Waals surface area contributed by atoms with E-state index in [2.05, 4.69) is 37.8 Å². The van der Waals surface area contributed by atoms with Crippen LogP contribution in [-0.4, -0.2) is 32.6 Å². The Bertz CT molecular complexity index is 726. The van der Waals surface area contributed by atoms with Gasteiger partial charge in [-0.25, -0.2) is 9.97 Å². The van der Waals surface area contributed by atoms with Gasteiger partial charge in [-0.15, -0.1) is 0 Å². The molecular formula is C14H17N5. The Morgan fingerprint density at radius 3 is 3.21 bits per heavy atom. The molecule has 0 spiro atoms. The van der Waals surface area contributed by atoms with Crippen molar-refractivity contribution in [1.82, 2.24) is 24.8 Å². The van der Waals surface area contributed by atoms with Crippen molar-refractivity contribution in [3.05, 3.63) is 24.8 Å². The van der Waals surface area contributed by atoms with Crippen molar-refractivity contribution in [3.63, 3.8) is 0 Å². The van der Waals surface area contributed by atoms with Crippen LogP contribution in [0, 0.1) is 5.92 Å². The first-order valence-corrected chi connectivity index (χ1v) is 6.84. The minimum Gasteiger partial charge on any atom is -0.346 e. The number of aromatic amines is 1. The molecule has 1 aliphatic rings. The van der Waals surface area contributed by atoms with Gasteiger partial charge >= 0.3 is 0 Å². The first-order chi connectivity index (χ1) is 9.34. The van der Waals surface area contributed by atoms with Crippen molar-refractivity contribution in [3.8, 4) is 0 Å². The summed E-state index contributed by atoms with van der Waals surface area (Å²) in [6.45, 7) is 4.46. The van der Waals surface area contributed by atoms with Gasteiger partial charge in [0.05, 0.1) is 18.0 Å². The minimum atomic E-state index is 0.520. The minimum absolute atomic E-state index is 0.520. The Kier molecular flexibility index (Phi) is 2.35. The lowest BCUT2D eigenvalue weighted by Gasteiger charge is -2.31. The second-order valence-corrected chi connectivity index (χ2v) is 5.42. The van der Waals surface area contributed by atoms with Gasteiger partial charge in [-0.2, -0.15) is 0 Å². The summed E-state index contributed by atoms with van der Waals surface area (Å²) < 4.78 is 2.35. The van der Waals surface area contributed by atoms with Crippen LogP contribution in [0.25, 0.3) is 22.1 Å². The van der Waals surface area contributed by atoms with Crippen molar-refractivity contribution in [2.24, 2.45) is 5.92 Å². The largest absolute Gasteiger partial charge is 0.346 e. The van der Waals surface area contributed by atoms with Crippen molar-refractivity contribution in [1.29, 1.82) is 0 Å². The summed E-state index contributed by atoms with van der Waals surface area (Å²) >= 11 is 0. The van der Waals surface area contributed by atoms with E-state index in [1.807, 2.05) is 18.7 Å². The zero-order valence-corrected chi connectivity index (χ0v) is 10.9. The molecular weight excluding hydrogens is 238 g/mol. The first kappa shape index (κ1) is 11.0. The Labute approximate surface area is 111 Å². The van der Waals surface area contributed by atoms with E-state index in [1.165, 1.54) is 10.9 Å². The van der Waals surface area contributed by atoms with Gasteiger partial charge in [0.15, 0.2) is 0 Å². The molecule has 1 fully saturated rings. The van der Waals surface area contributed by atoms with Crippen LogP contribution in [0.5, 0.6) is 0 Å². The van der Waals surface area contributed by atoms with Gasteiger partial charge in [0.1, 0.15) is 11.2 Å². The molecule has 0 unspecified atom stereocenters. The number of pyridine rings is 1. The van der Waals surface area contributed by atoms with Crippen molar-refractivity contribution >= 4 is 22.1 Å². The lowest BCUT2D eigenvalue weighted by Crippen LogP contribution is -2.36. The molecule has 0 aromatic carbocycles. The number of hydrogen-bond acceptors (Lipinski definition) is 3. The Balaban J connectivity index is 1.96. The van der Waals surface area contributed by atoms with E-state index in [9.17, 15) is 0 Å². The number of nitrogens with zero attached hydrogens (tertiary/aromatic N) is 3. The molecule has 3 aromatic heterocycles. The van der Waals surface area contributed by atoms with Crippen LogP contribution in [-0.2, 0) is 0 Å². The normalized spacial score (nSPS) is 24.3. The van der Waals surface area contributed by atoms with Crippen LogP contribution in [0.2, 0.25) is 0 Å². The van der Waals surface area contributed by atoms with Crippen LogP contribution in [0.3, 0.4) is 0 Å². The number of nitrogens with one attached hydrogen (secondary N) is 2. The van der Waals surface area contributed by atoms with Gasteiger partial charge in [0, 0.05) is 17.6 Å². The molecule has 0 saturated carbocycles. The van der Waals surface area contributed by atoms with Gasteiger partial charge in [-0.1, -0.05) is 6.92 Å². The van der Waals surface area contributed by atoms with Crippen molar-refractivity contribution < 1.29 is 0 Å². The molecule has 0 bridgehead atoms. The zero-order chi connectivity index (χ0) is 12.8. The fourth-order valence-corrected chi connectivity index (χ4v) is 3.20. The summed E-state index contributed by atoms with van der Waals surface area (Å²) in [6.07, 6.45) is 6.93. The van der Waals surface area contributed by atoms with Crippen LogP contribution in [0.15, 0.2) is 24.8 Å². The van der Waals surface area contributed by atoms with Gasteiger partial charge < -0.3 is 14.9 Å². The standard InChI is InChI=1S/C14H17N5/c1-9-6-15-4-3-12(9)19-8-18-11-7-17-14-10(13(11)19)2-5-16-14/h2,5,7-9,12,15H,3-4,6H2,1H3,(H,16,17)/t9-,12-/m1/s1. The molecule has 3 aromatic rings. The predicted octanol–water partition coefficient (Wildman–Crippen LogP) is 2.08. The third-order valence-electron chi connectivity index (χ3n) is 4.22. The molecule has 1 aliphatic heterocycles. The number of rotatable bonds is 1. The van der Waals surface area contributed by atoms with E-state index < -0.39 is 0 Å². The Morgan fingerprint density at radius 1 is 1.37 bits per heavy atom. The molecule has 4 rings (SSSR count). The van der Waals surface area contributed by atoms with E-state index in [0.717, 1.165) is 30.7 Å². The van der Waals surface area contributed by atoms with Gasteiger partial charge in [0.25, 0.3) is 0 Å². The number of aromatic nitrogens is 4. The number of H-pyrrole nitrogens is 1. The third-order valence-corrected chi connectivity index (χ3v) is 4.22. The molecule has 1 saturated heterocycles. The first-order valence-electron chi connectivity index (χ1n) is 6.84. The number of fused-ring (bicyclic) bond motifs is 3. The Hall–Kier alpha value is -1.88. The van der Waals surface area contributed by atoms with Gasteiger partial charge in [-0.05, 0) is 31.5 Å². The number of hydrogen-bond donors (Lipinski definition) is 2. The maximum atomic E-state index is 4.52. The molecule has 98 valence electrons. The summed E-state index contributed by atoms with van der Waals surface area (Å²) in [5, 5.41) is 4.62. The van der Waals surface area contributed by atoms with E-state index in [0.29, 0.717) is 12.0 Å². The Morgan fingerprint density at radius 2 is 2.32 bits per heavy atom. The predicted molar refractivity (Wildman–Crippen MR) is 75.1 cm³/mol. The molecule has 5 heteroatoms. The van der Waals surface area contributed by atoms with Gasteiger partial charge in [-0.3, -0.25) is 0 Å². The fourth-order valence-electron chi connectivity index (χ4n) is 3.20. The molecule has 5 nitrogen and oxygen atoms in total. The summed E-state index contributed by atoms with van der Waals surface area (Å²) in [5.41, 5.74) is 3.14. The molecule has 2 N–H and O–H groups in total. The maximum Gasteiger partial charge on any atom is 0.139 e. The van der Waals surface area contributed by atoms with Crippen molar-refractivity contribution in [2.75, 3.05) is 13.1 Å². The topological polar surface area (TPSA) is 58.5 Å². The second kappa shape index (κ2) is 4.06. The van der Waals surface area contributed by atoms with Crippen molar-refractivity contribution in [2.45, 2.75) is 19.4 Å². The summed E-state index contributed by atoms with van der Waals surface area (Å²) in [5.74, 6) is 0.619. The van der Waals surface area contributed by atoms with Crippen LogP contribution < -0.4 is 5.32 Å². The lowest BCUT2D eigenvalue weighted by atomic mass is 9.95. The third kappa shape index (κ3) is 1.58. The number of imidazole rings is 1. The monoisotopic (exact) mass is 255 g/mol. The summed E-state index contributed by atoms with van der Waals surface area (Å²) in [7, 11) is 0. The van der Waals surface area contributed by atoms with E-state index in [1.54, 1.807) is 0 Å². The highest BCUT2D eigenvalue weighted by Crippen LogP contribution is 2.31. The molecule has 2 atom stereocenters. The quantitative estimate of drug-likeness (QED) is 0.700. The van der Waals surface area contributed by atoms with E-state index in [-0.39, 0.29) is 0 Å². The molecule has 0 aliphatic carbocycles. The van der Waals surface area contributed by atoms with Crippen LogP contribution >= 0.6 is 0 Å². The van der Waals surface area contributed by atoms with Crippen LogP contribution in [0.1, 0.15) is 19.4 Å². The molecule has 19 heavy (non-hydrogen) atoms. The fraction of sp³-hybridized carbons (Fsp3) is 0.429. The lowest BCUT2D eigenvalue weighted by molar-refractivity contribution is 0.279. The highest BCUT2D eigenvalue weighted by Gasteiger charge is 2.24. The van der Waals surface area contributed by atoms with Crippen LogP contribution in [0.4, 0.5) is 0 Å². The summed E-state index contributed by atoms with van der Waals surface area (Å²) in [4.78, 5) is 12.1. The second-order valence-electron chi connectivity index (χ2n) is 5.42. The molecule has 0 radical (unpaired) electrons. The highest BCUT2D eigenvalue weighted by atomic mass is 15.1. The van der Waals surface area contributed by atoms with E-state index >= 15 is 0 Å². The SMILES string of the molecule is C[C@@H]1CNCC[C@H]1n1cnc2cnc3[nH]ccc3c21. The van der Waals surface area contributed by atoms with E-state index in [4.69, 9.17) is 0 Å². The number of piperidine rings is 1. The highest BCUT2D eigenvalue weighted by molar-refractivity contribution is 6.00. The molecule has 4 heterocycles. The smallest absolute Gasteiger partial charge is 0.139 e. The summed E-state index contributed by atoms with van der Waals surface area (Å²) in [6, 6.07) is 2.61. The zero-order valence-electron chi connectivity index (χ0n) is 10.9. The maximum absolute atomic E-state index is 4.52. The average molecular weight is 255 g/mol. The molecule has 0 amide bonds.